The zero-order chi connectivity index (χ0) is 13.8. The number of nitrogens with one attached hydrogen (secondary N) is 1. The van der Waals surface area contributed by atoms with Gasteiger partial charge in [-0.3, -0.25) is 0 Å². The first-order valence-electron chi connectivity index (χ1n) is 5.32. The molecular formula is C11H16BrNO4S. The lowest BCUT2D eigenvalue weighted by atomic mass is 10.2. The lowest BCUT2D eigenvalue weighted by Gasteiger charge is -2.13. The summed E-state index contributed by atoms with van der Waals surface area (Å²) in [5.74, 6) is 0. The maximum Gasteiger partial charge on any atom is 0.241 e. The number of halogens is 1. The van der Waals surface area contributed by atoms with Gasteiger partial charge in [-0.2, -0.15) is 0 Å². The zero-order valence-corrected chi connectivity index (χ0v) is 12.6. The largest absolute Gasteiger partial charge is 0.392 e. The van der Waals surface area contributed by atoms with Crippen LogP contribution in [0, 0.1) is 0 Å². The maximum atomic E-state index is 12.1. The predicted octanol–water partition coefficient (Wildman–Crippen LogP) is 1.25. The molecule has 2 N–H and O–H groups in total. The van der Waals surface area contributed by atoms with Gasteiger partial charge in [0.15, 0.2) is 0 Å². The van der Waals surface area contributed by atoms with Crippen LogP contribution in [-0.2, 0) is 21.4 Å². The molecule has 0 spiro atoms. The van der Waals surface area contributed by atoms with Gasteiger partial charge in [0.05, 0.1) is 17.6 Å². The van der Waals surface area contributed by atoms with Crippen LogP contribution >= 0.6 is 15.9 Å². The van der Waals surface area contributed by atoms with Gasteiger partial charge in [-0.25, -0.2) is 13.1 Å². The van der Waals surface area contributed by atoms with E-state index < -0.39 is 10.0 Å². The number of aliphatic hydroxyl groups excluding tert-OH is 1. The summed E-state index contributed by atoms with van der Waals surface area (Å²) in [4.78, 5) is 0.109. The van der Waals surface area contributed by atoms with Gasteiger partial charge in [-0.15, -0.1) is 0 Å². The minimum Gasteiger partial charge on any atom is -0.392 e. The Hall–Kier alpha value is -0.470. The number of aliphatic hydroxyl groups is 1. The zero-order valence-electron chi connectivity index (χ0n) is 10.2. The SMILES string of the molecule is COC(C)CNS(=O)(=O)c1cc(CO)ccc1Br. The second-order valence-corrected chi connectivity index (χ2v) is 6.41. The molecule has 1 unspecified atom stereocenters. The fraction of sp³-hybridized carbons (Fsp3) is 0.455. The van der Waals surface area contributed by atoms with Crippen molar-refractivity contribution in [3.8, 4) is 0 Å². The maximum absolute atomic E-state index is 12.1. The van der Waals surface area contributed by atoms with Crippen molar-refractivity contribution in [1.82, 2.24) is 4.72 Å². The van der Waals surface area contributed by atoms with Crippen LogP contribution in [0.15, 0.2) is 27.6 Å². The first kappa shape index (κ1) is 15.6. The van der Waals surface area contributed by atoms with Crippen molar-refractivity contribution in [3.63, 3.8) is 0 Å². The van der Waals surface area contributed by atoms with E-state index in [0.29, 0.717) is 10.0 Å². The van der Waals surface area contributed by atoms with E-state index in [0.717, 1.165) is 0 Å². The molecule has 1 aromatic rings. The van der Waals surface area contributed by atoms with Crippen molar-refractivity contribution < 1.29 is 18.3 Å². The van der Waals surface area contributed by atoms with Crippen LogP contribution < -0.4 is 4.72 Å². The highest BCUT2D eigenvalue weighted by Gasteiger charge is 2.18. The molecule has 0 bridgehead atoms. The van der Waals surface area contributed by atoms with Crippen molar-refractivity contribution in [3.05, 3.63) is 28.2 Å². The quantitative estimate of drug-likeness (QED) is 0.819. The number of hydrogen-bond acceptors (Lipinski definition) is 4. The van der Waals surface area contributed by atoms with E-state index in [2.05, 4.69) is 20.7 Å². The van der Waals surface area contributed by atoms with Crippen LogP contribution in [0.4, 0.5) is 0 Å². The van der Waals surface area contributed by atoms with E-state index in [-0.39, 0.29) is 24.2 Å². The van der Waals surface area contributed by atoms with Crippen molar-refractivity contribution >= 4 is 26.0 Å². The van der Waals surface area contributed by atoms with Crippen molar-refractivity contribution in [2.24, 2.45) is 0 Å². The number of ether oxygens (including phenoxy) is 1. The van der Waals surface area contributed by atoms with Crippen LogP contribution in [-0.4, -0.2) is 33.3 Å². The summed E-state index contributed by atoms with van der Waals surface area (Å²) in [6.45, 7) is 1.75. The molecule has 1 rings (SSSR count). The smallest absolute Gasteiger partial charge is 0.241 e. The van der Waals surface area contributed by atoms with Gasteiger partial charge >= 0.3 is 0 Å². The van der Waals surface area contributed by atoms with Crippen molar-refractivity contribution in [2.45, 2.75) is 24.5 Å². The Morgan fingerprint density at radius 3 is 2.72 bits per heavy atom. The number of benzene rings is 1. The van der Waals surface area contributed by atoms with Crippen LogP contribution in [0.3, 0.4) is 0 Å². The molecule has 0 aromatic heterocycles. The topological polar surface area (TPSA) is 75.6 Å². The average Bonchev–Trinajstić information content (AvgIpc) is 2.36. The van der Waals surface area contributed by atoms with Gasteiger partial charge in [-0.05, 0) is 40.5 Å². The fourth-order valence-corrected chi connectivity index (χ4v) is 3.37. The van der Waals surface area contributed by atoms with Gasteiger partial charge < -0.3 is 9.84 Å². The molecule has 5 nitrogen and oxygen atoms in total. The lowest BCUT2D eigenvalue weighted by molar-refractivity contribution is 0.122. The Labute approximate surface area is 115 Å². The number of methoxy groups -OCH3 is 1. The summed E-state index contributed by atoms with van der Waals surface area (Å²) in [5, 5.41) is 9.02. The Morgan fingerprint density at radius 1 is 1.50 bits per heavy atom. The fourth-order valence-electron chi connectivity index (χ4n) is 1.24. The third-order valence-corrected chi connectivity index (χ3v) is 4.85. The highest BCUT2D eigenvalue weighted by atomic mass is 79.9. The molecule has 1 aromatic carbocycles. The Morgan fingerprint density at radius 2 is 2.17 bits per heavy atom. The minimum atomic E-state index is -3.62. The highest BCUT2D eigenvalue weighted by Crippen LogP contribution is 2.23. The molecule has 1 atom stereocenters. The lowest BCUT2D eigenvalue weighted by Crippen LogP contribution is -2.31. The van der Waals surface area contributed by atoms with E-state index in [9.17, 15) is 8.42 Å². The van der Waals surface area contributed by atoms with Crippen LogP contribution in [0.5, 0.6) is 0 Å². The van der Waals surface area contributed by atoms with E-state index in [1.54, 1.807) is 19.1 Å². The molecule has 0 saturated heterocycles. The van der Waals surface area contributed by atoms with Gasteiger partial charge in [0.1, 0.15) is 0 Å². The molecule has 0 aliphatic carbocycles. The number of rotatable bonds is 6. The third kappa shape index (κ3) is 4.03. The van der Waals surface area contributed by atoms with Crippen molar-refractivity contribution in [2.75, 3.05) is 13.7 Å². The minimum absolute atomic E-state index is 0.109. The summed E-state index contributed by atoms with van der Waals surface area (Å²) in [7, 11) is -2.10. The molecule has 0 radical (unpaired) electrons. The molecule has 0 saturated carbocycles. The molecule has 0 aliphatic heterocycles. The first-order valence-corrected chi connectivity index (χ1v) is 7.60. The van der Waals surface area contributed by atoms with E-state index in [1.807, 2.05) is 0 Å². The Balaban J connectivity index is 2.97. The van der Waals surface area contributed by atoms with E-state index in [4.69, 9.17) is 9.84 Å². The molecular weight excluding hydrogens is 322 g/mol. The Bertz CT molecular complexity index is 504. The van der Waals surface area contributed by atoms with Crippen LogP contribution in [0.1, 0.15) is 12.5 Å². The van der Waals surface area contributed by atoms with Crippen LogP contribution in [0.25, 0.3) is 0 Å². The molecule has 0 fully saturated rings. The molecule has 102 valence electrons. The third-order valence-electron chi connectivity index (χ3n) is 2.43. The monoisotopic (exact) mass is 337 g/mol. The molecule has 18 heavy (non-hydrogen) atoms. The summed E-state index contributed by atoms with van der Waals surface area (Å²) in [6.07, 6.45) is -0.209. The predicted molar refractivity (Wildman–Crippen MR) is 71.7 cm³/mol. The number of hydrogen-bond donors (Lipinski definition) is 2. The Kier molecular flexibility index (Phi) is 5.74. The average molecular weight is 338 g/mol. The van der Waals surface area contributed by atoms with E-state index >= 15 is 0 Å². The molecule has 0 heterocycles. The standard InChI is InChI=1S/C11H16BrNO4S/c1-8(17-2)6-13-18(15,16)11-5-9(7-14)3-4-10(11)12/h3-5,8,13-14H,6-7H2,1-2H3. The molecule has 7 heteroatoms. The highest BCUT2D eigenvalue weighted by molar-refractivity contribution is 9.10. The first-order chi connectivity index (χ1) is 8.40. The molecule has 0 amide bonds. The van der Waals surface area contributed by atoms with Gasteiger partial charge in [-0.1, -0.05) is 6.07 Å². The van der Waals surface area contributed by atoms with Gasteiger partial charge in [0, 0.05) is 18.1 Å². The van der Waals surface area contributed by atoms with Crippen molar-refractivity contribution in [1.29, 1.82) is 0 Å². The van der Waals surface area contributed by atoms with E-state index in [1.165, 1.54) is 13.2 Å². The van der Waals surface area contributed by atoms with Crippen LogP contribution in [0.2, 0.25) is 0 Å². The summed E-state index contributed by atoms with van der Waals surface area (Å²) in [5.41, 5.74) is 0.540. The molecule has 0 aliphatic rings. The number of sulfonamides is 1. The van der Waals surface area contributed by atoms with Gasteiger partial charge in [0.25, 0.3) is 0 Å². The second-order valence-electron chi connectivity index (χ2n) is 3.82. The summed E-state index contributed by atoms with van der Waals surface area (Å²) in [6, 6.07) is 4.69. The summed E-state index contributed by atoms with van der Waals surface area (Å²) >= 11 is 3.19. The van der Waals surface area contributed by atoms with Gasteiger partial charge in [0.2, 0.25) is 10.0 Å². The normalized spacial score (nSPS) is 13.6. The summed E-state index contributed by atoms with van der Waals surface area (Å²) < 4.78 is 32.0. The second kappa shape index (κ2) is 6.63.